The van der Waals surface area contributed by atoms with Crippen molar-refractivity contribution in [2.45, 2.75) is 32.0 Å². The third-order valence-corrected chi connectivity index (χ3v) is 8.05. The molecule has 2 aromatic carbocycles. The van der Waals surface area contributed by atoms with Gasteiger partial charge in [-0.2, -0.15) is 0 Å². The molecule has 2 atom stereocenters. The first-order chi connectivity index (χ1) is 19.1. The minimum absolute atomic E-state index is 0.0155. The third-order valence-electron chi connectivity index (χ3n) is 7.74. The lowest BCUT2D eigenvalue weighted by Gasteiger charge is -2.41. The Kier molecular flexibility index (Phi) is 7.67. The number of halogens is 2. The highest BCUT2D eigenvalue weighted by Crippen LogP contribution is 2.31. The van der Waals surface area contributed by atoms with Gasteiger partial charge in [0.2, 0.25) is 0 Å². The van der Waals surface area contributed by atoms with E-state index in [4.69, 9.17) is 22.2 Å². The minimum Gasteiger partial charge on any atom is -0.380 e. The molecule has 0 unspecified atom stereocenters. The Balaban J connectivity index is 1.38. The summed E-state index contributed by atoms with van der Waals surface area (Å²) < 4.78 is 19.9. The van der Waals surface area contributed by atoms with Crippen LogP contribution >= 0.6 is 11.6 Å². The van der Waals surface area contributed by atoms with Crippen molar-refractivity contribution in [3.05, 3.63) is 82.4 Å². The number of likely N-dealkylation sites (tertiary alicyclic amines) is 1. The van der Waals surface area contributed by atoms with Crippen LogP contribution in [0.5, 0.6) is 0 Å². The van der Waals surface area contributed by atoms with Gasteiger partial charge in [-0.25, -0.2) is 4.39 Å². The zero-order valence-corrected chi connectivity index (χ0v) is 23.2. The molecule has 5 rings (SSSR count). The van der Waals surface area contributed by atoms with Crippen LogP contribution in [-0.2, 0) is 16.1 Å². The Labute approximate surface area is 236 Å². The van der Waals surface area contributed by atoms with Crippen LogP contribution in [0.15, 0.2) is 54.9 Å². The van der Waals surface area contributed by atoms with Crippen LogP contribution in [0.2, 0.25) is 5.02 Å². The van der Waals surface area contributed by atoms with Crippen molar-refractivity contribution < 1.29 is 23.5 Å². The van der Waals surface area contributed by atoms with Gasteiger partial charge in [0.25, 0.3) is 17.6 Å². The first-order valence-corrected chi connectivity index (χ1v) is 13.4. The summed E-state index contributed by atoms with van der Waals surface area (Å²) in [5, 5.41) is 0.536. The molecule has 0 saturated carbocycles. The van der Waals surface area contributed by atoms with E-state index in [0.29, 0.717) is 55.7 Å². The lowest BCUT2D eigenvalue weighted by Crippen LogP contribution is -2.51. The number of nitrogen functional groups attached to an aromatic ring is 1. The van der Waals surface area contributed by atoms with Gasteiger partial charge in [0.15, 0.2) is 0 Å². The van der Waals surface area contributed by atoms with Crippen LogP contribution in [0, 0.1) is 5.82 Å². The van der Waals surface area contributed by atoms with Crippen LogP contribution < -0.4 is 5.84 Å². The maximum atomic E-state index is 13.7. The van der Waals surface area contributed by atoms with Crippen molar-refractivity contribution >= 4 is 40.1 Å². The van der Waals surface area contributed by atoms with Crippen molar-refractivity contribution in [1.82, 2.24) is 19.4 Å². The summed E-state index contributed by atoms with van der Waals surface area (Å²) >= 11 is 6.55. The zero-order chi connectivity index (χ0) is 28.7. The number of carbonyl (C=O) groups excluding carboxylic acids is 3. The maximum absolute atomic E-state index is 13.7. The molecule has 2 N–H and O–H groups in total. The summed E-state index contributed by atoms with van der Waals surface area (Å²) in [4.78, 5) is 45.2. The lowest BCUT2D eigenvalue weighted by atomic mass is 10.0. The monoisotopic (exact) mass is 567 g/mol. The van der Waals surface area contributed by atoms with E-state index in [9.17, 15) is 18.8 Å². The van der Waals surface area contributed by atoms with Crippen LogP contribution in [-0.4, -0.2) is 82.4 Å². The van der Waals surface area contributed by atoms with E-state index in [2.05, 4.69) is 11.5 Å². The number of piperazine rings is 1. The van der Waals surface area contributed by atoms with Gasteiger partial charge in [-0.15, -0.1) is 0 Å². The van der Waals surface area contributed by atoms with Crippen LogP contribution in [0.3, 0.4) is 0 Å². The molecule has 1 aromatic heterocycles. The van der Waals surface area contributed by atoms with E-state index in [1.807, 2.05) is 6.92 Å². The SMILES string of the molecule is C=C1CN(Cc2ccc(F)cc2)[C@@H](C)CN1C(=O)c1cc2c(C(=O)C(=O)N3CC[C@@H](OC)C3)cn(N)c2cc1Cl. The summed E-state index contributed by atoms with van der Waals surface area (Å²) in [6.45, 7) is 8.27. The Morgan fingerprint density at radius 1 is 1.15 bits per heavy atom. The average Bonchev–Trinajstić information content (AvgIpc) is 3.54. The first kappa shape index (κ1) is 27.8. The Bertz CT molecular complexity index is 1500. The zero-order valence-electron chi connectivity index (χ0n) is 22.4. The van der Waals surface area contributed by atoms with Gasteiger partial charge in [0, 0.05) is 63.2 Å². The fourth-order valence-corrected chi connectivity index (χ4v) is 5.61. The highest BCUT2D eigenvalue weighted by molar-refractivity contribution is 6.45. The van der Waals surface area contributed by atoms with Gasteiger partial charge in [-0.05, 0) is 43.2 Å². The number of hydrogen-bond acceptors (Lipinski definition) is 6. The lowest BCUT2D eigenvalue weighted by molar-refractivity contribution is -0.125. The normalized spacial score (nSPS) is 19.9. The van der Waals surface area contributed by atoms with Crippen LogP contribution in [0.1, 0.15) is 39.6 Å². The van der Waals surface area contributed by atoms with Crippen LogP contribution in [0.25, 0.3) is 10.9 Å². The van der Waals surface area contributed by atoms with Gasteiger partial charge in [-0.3, -0.25) is 24.0 Å². The number of nitrogens with two attached hydrogens (primary N) is 1. The summed E-state index contributed by atoms with van der Waals surface area (Å²) in [6.07, 6.45) is 1.93. The molecule has 0 aliphatic carbocycles. The summed E-state index contributed by atoms with van der Waals surface area (Å²) in [6, 6.07) is 9.37. The summed E-state index contributed by atoms with van der Waals surface area (Å²) in [5.41, 5.74) is 2.25. The molecule has 3 heterocycles. The van der Waals surface area contributed by atoms with E-state index < -0.39 is 11.7 Å². The van der Waals surface area contributed by atoms with Crippen molar-refractivity contribution in [3.8, 4) is 0 Å². The van der Waals surface area contributed by atoms with E-state index in [1.165, 1.54) is 40.0 Å². The fraction of sp³-hybridized carbons (Fsp3) is 0.345. The Hall–Kier alpha value is -3.73. The largest absolute Gasteiger partial charge is 0.380 e. The van der Waals surface area contributed by atoms with Gasteiger partial charge in [0.05, 0.1) is 27.8 Å². The smallest absolute Gasteiger partial charge is 0.295 e. The van der Waals surface area contributed by atoms with Crippen molar-refractivity contribution in [3.63, 3.8) is 0 Å². The molecule has 2 aliphatic rings. The number of benzene rings is 2. The van der Waals surface area contributed by atoms with Gasteiger partial charge >= 0.3 is 0 Å². The molecule has 11 heteroatoms. The fourth-order valence-electron chi connectivity index (χ4n) is 5.37. The second-order valence-corrected chi connectivity index (χ2v) is 10.8. The Morgan fingerprint density at radius 2 is 1.88 bits per heavy atom. The molecule has 9 nitrogen and oxygen atoms in total. The quantitative estimate of drug-likeness (QED) is 0.278. The molecule has 0 bridgehead atoms. The molecule has 2 aliphatic heterocycles. The second kappa shape index (κ2) is 11.0. The van der Waals surface area contributed by atoms with Gasteiger partial charge < -0.3 is 20.4 Å². The number of amides is 2. The molecule has 2 amide bonds. The van der Waals surface area contributed by atoms with E-state index in [1.54, 1.807) is 24.1 Å². The van der Waals surface area contributed by atoms with Crippen molar-refractivity contribution in [1.29, 1.82) is 0 Å². The number of hydrogen-bond donors (Lipinski definition) is 1. The standard InChI is InChI=1S/C29H31ClFN5O4/c1-17-13-35(18(2)12-34(17)14-19-4-6-20(31)7-5-19)28(38)23-10-22-24(16-36(32)26(22)11-25(23)30)27(37)29(39)33-9-8-21(15-33)40-3/h4-7,10-11,16-17,21H,2,8-9,12-15,32H2,1,3H3/t17-,21+/m0/s1. The molecule has 2 fully saturated rings. The van der Waals surface area contributed by atoms with E-state index in [-0.39, 0.29) is 40.0 Å². The predicted octanol–water partition coefficient (Wildman–Crippen LogP) is 3.44. The number of Topliss-reactive ketones (excluding diaryl/α,β-unsaturated/α-hetero) is 1. The van der Waals surface area contributed by atoms with Gasteiger partial charge in [-0.1, -0.05) is 30.3 Å². The highest BCUT2D eigenvalue weighted by atomic mass is 35.5. The maximum Gasteiger partial charge on any atom is 0.295 e. The summed E-state index contributed by atoms with van der Waals surface area (Å²) in [5.74, 6) is 4.10. The number of rotatable bonds is 6. The number of ketones is 1. The third kappa shape index (κ3) is 5.22. The molecule has 0 radical (unpaired) electrons. The minimum atomic E-state index is -0.709. The number of fused-ring (bicyclic) bond motifs is 1. The Morgan fingerprint density at radius 3 is 2.55 bits per heavy atom. The molecule has 2 saturated heterocycles. The van der Waals surface area contributed by atoms with E-state index in [0.717, 1.165) is 5.56 Å². The second-order valence-electron chi connectivity index (χ2n) is 10.4. The number of aromatic nitrogens is 1. The number of carbonyl (C=O) groups is 3. The highest BCUT2D eigenvalue weighted by Gasteiger charge is 2.34. The molecule has 40 heavy (non-hydrogen) atoms. The van der Waals surface area contributed by atoms with E-state index >= 15 is 0 Å². The first-order valence-electron chi connectivity index (χ1n) is 13.0. The average molecular weight is 568 g/mol. The summed E-state index contributed by atoms with van der Waals surface area (Å²) in [7, 11) is 1.58. The van der Waals surface area contributed by atoms with Crippen LogP contribution in [0.4, 0.5) is 4.39 Å². The predicted molar refractivity (Wildman–Crippen MR) is 150 cm³/mol. The molecular weight excluding hydrogens is 537 g/mol. The van der Waals surface area contributed by atoms with Gasteiger partial charge in [0.1, 0.15) is 5.82 Å². The molecular formula is C29H31ClFN5O4. The topological polar surface area (TPSA) is 101 Å². The van der Waals surface area contributed by atoms with Crippen molar-refractivity contribution in [2.75, 3.05) is 39.1 Å². The number of methoxy groups -OCH3 is 1. The number of nitrogens with zero attached hydrogens (tertiary/aromatic N) is 4. The molecule has 0 spiro atoms. The van der Waals surface area contributed by atoms with Crippen molar-refractivity contribution in [2.24, 2.45) is 0 Å². The molecule has 3 aromatic rings. The molecule has 210 valence electrons. The number of ether oxygens (including phenoxy) is 1.